The summed E-state index contributed by atoms with van der Waals surface area (Å²) in [5.41, 5.74) is 8.92. The van der Waals surface area contributed by atoms with Crippen LogP contribution < -0.4 is 0 Å². The number of hydrogen-bond donors (Lipinski definition) is 0. The fourth-order valence-corrected chi connectivity index (χ4v) is 4.76. The number of benzene rings is 4. The van der Waals surface area contributed by atoms with Crippen molar-refractivity contribution in [2.75, 3.05) is 0 Å². The summed E-state index contributed by atoms with van der Waals surface area (Å²) in [7, 11) is 0. The molecule has 0 aliphatic rings. The third-order valence-corrected chi connectivity index (χ3v) is 6.15. The van der Waals surface area contributed by atoms with Crippen molar-refractivity contribution in [3.05, 3.63) is 101 Å². The Balaban J connectivity index is 1.77. The molecule has 1 aromatic heterocycles. The topological polar surface area (TPSA) is 17.5 Å². The molecule has 0 saturated heterocycles. The van der Waals surface area contributed by atoms with Crippen LogP contribution in [0.1, 0.15) is 31.9 Å². The van der Waals surface area contributed by atoms with E-state index < -0.39 is 0 Å². The summed E-state index contributed by atoms with van der Waals surface area (Å²) in [6.45, 7) is 16.6. The second-order valence-corrected chi connectivity index (χ2v) is 9.38. The number of rotatable bonds is 2. The molecule has 0 aliphatic carbocycles. The van der Waals surface area contributed by atoms with Crippen molar-refractivity contribution < 1.29 is 4.42 Å². The first-order chi connectivity index (χ1) is 15.4. The minimum Gasteiger partial charge on any atom is -0.456 e. The van der Waals surface area contributed by atoms with Gasteiger partial charge in [0.1, 0.15) is 11.2 Å². The second kappa shape index (κ2) is 7.39. The third-order valence-electron chi connectivity index (χ3n) is 6.15. The minimum atomic E-state index is -0.0441. The molecule has 0 amide bonds. The summed E-state index contributed by atoms with van der Waals surface area (Å²) < 4.78 is 6.59. The predicted octanol–water partition coefficient (Wildman–Crippen LogP) is 9.08. The molecule has 1 heterocycles. The minimum absolute atomic E-state index is 0.0441. The third kappa shape index (κ3) is 3.18. The van der Waals surface area contributed by atoms with Crippen LogP contribution in [0.25, 0.3) is 49.0 Å². The van der Waals surface area contributed by atoms with E-state index in [2.05, 4.69) is 81.1 Å². The lowest BCUT2D eigenvalue weighted by molar-refractivity contribution is 0.569. The van der Waals surface area contributed by atoms with E-state index in [9.17, 15) is 0 Å². The van der Waals surface area contributed by atoms with Crippen molar-refractivity contribution in [2.45, 2.75) is 33.1 Å². The van der Waals surface area contributed by atoms with Crippen LogP contribution in [0.3, 0.4) is 0 Å². The van der Waals surface area contributed by atoms with Crippen molar-refractivity contribution in [1.82, 2.24) is 0 Å². The zero-order chi connectivity index (χ0) is 22.5. The second-order valence-electron chi connectivity index (χ2n) is 9.38. The van der Waals surface area contributed by atoms with E-state index in [1.165, 1.54) is 16.7 Å². The number of nitrogens with zero attached hydrogens (tertiary/aromatic N) is 1. The Morgan fingerprint density at radius 3 is 1.94 bits per heavy atom. The maximum Gasteiger partial charge on any atom is 0.198 e. The first-order valence-electron chi connectivity index (χ1n) is 10.9. The van der Waals surface area contributed by atoms with Crippen LogP contribution in [0, 0.1) is 13.5 Å². The zero-order valence-electron chi connectivity index (χ0n) is 18.9. The summed E-state index contributed by atoms with van der Waals surface area (Å²) in [5.74, 6) is 0. The van der Waals surface area contributed by atoms with E-state index in [1.54, 1.807) is 0 Å². The van der Waals surface area contributed by atoms with Crippen LogP contribution >= 0.6 is 0 Å². The fourth-order valence-electron chi connectivity index (χ4n) is 4.76. The quantitative estimate of drug-likeness (QED) is 0.263. The van der Waals surface area contributed by atoms with Crippen LogP contribution in [0.2, 0.25) is 0 Å². The standard InChI is InChI=1S/C30H25NO/c1-19-11-16-24-23-17-18-25(31-5)26(28(23)32-29(24)27(19)30(2,3)4)22-14-12-21(13-15-22)20-9-7-6-8-10-20/h6-18H,1-4H3. The molecule has 4 aromatic carbocycles. The molecule has 0 bridgehead atoms. The molecular weight excluding hydrogens is 390 g/mol. The van der Waals surface area contributed by atoms with Crippen LogP contribution in [0.5, 0.6) is 0 Å². The number of furan rings is 1. The highest BCUT2D eigenvalue weighted by molar-refractivity contribution is 6.13. The first kappa shape index (κ1) is 20.1. The smallest absolute Gasteiger partial charge is 0.198 e. The molecule has 5 aromatic rings. The van der Waals surface area contributed by atoms with Crippen LogP contribution in [-0.4, -0.2) is 0 Å². The van der Waals surface area contributed by atoms with Gasteiger partial charge in [-0.05, 0) is 34.6 Å². The van der Waals surface area contributed by atoms with Gasteiger partial charge in [0.05, 0.1) is 6.57 Å². The van der Waals surface area contributed by atoms with E-state index in [1.807, 2.05) is 30.3 Å². The van der Waals surface area contributed by atoms with Gasteiger partial charge in [-0.1, -0.05) is 99.6 Å². The Morgan fingerprint density at radius 1 is 0.688 bits per heavy atom. The van der Waals surface area contributed by atoms with Crippen molar-refractivity contribution >= 4 is 27.6 Å². The van der Waals surface area contributed by atoms with E-state index >= 15 is 0 Å². The molecule has 0 N–H and O–H groups in total. The SMILES string of the molecule is [C-]#[N+]c1ccc2c(oc3c(C(C)(C)C)c(C)ccc32)c1-c1ccc(-c2ccccc2)cc1. The van der Waals surface area contributed by atoms with Gasteiger partial charge in [-0.2, -0.15) is 0 Å². The molecule has 0 fully saturated rings. The molecule has 0 radical (unpaired) electrons. The number of aryl methyl sites for hydroxylation is 1. The van der Waals surface area contributed by atoms with E-state index in [4.69, 9.17) is 11.0 Å². The Kier molecular flexibility index (Phi) is 4.64. The average molecular weight is 416 g/mol. The summed E-state index contributed by atoms with van der Waals surface area (Å²) in [4.78, 5) is 3.83. The zero-order valence-corrected chi connectivity index (χ0v) is 18.9. The summed E-state index contributed by atoms with van der Waals surface area (Å²) in [6, 6.07) is 27.0. The summed E-state index contributed by atoms with van der Waals surface area (Å²) in [5, 5.41) is 2.16. The van der Waals surface area contributed by atoms with Gasteiger partial charge >= 0.3 is 0 Å². The molecule has 0 unspecified atom stereocenters. The van der Waals surface area contributed by atoms with Crippen molar-refractivity contribution in [3.8, 4) is 22.3 Å². The Hall–Kier alpha value is -3.83. The monoisotopic (exact) mass is 415 g/mol. The highest BCUT2D eigenvalue weighted by Crippen LogP contribution is 2.44. The molecule has 0 spiro atoms. The van der Waals surface area contributed by atoms with E-state index in [-0.39, 0.29) is 5.41 Å². The molecule has 156 valence electrons. The molecule has 5 rings (SSSR count). The van der Waals surface area contributed by atoms with Crippen LogP contribution in [0.4, 0.5) is 5.69 Å². The maximum atomic E-state index is 7.78. The van der Waals surface area contributed by atoms with Gasteiger partial charge in [0, 0.05) is 21.9 Å². The lowest BCUT2D eigenvalue weighted by atomic mass is 9.83. The van der Waals surface area contributed by atoms with Crippen molar-refractivity contribution in [3.63, 3.8) is 0 Å². The van der Waals surface area contributed by atoms with Crippen molar-refractivity contribution in [2.24, 2.45) is 0 Å². The molecular formula is C30H25NO. The lowest BCUT2D eigenvalue weighted by Gasteiger charge is -2.21. The Morgan fingerprint density at radius 2 is 1.28 bits per heavy atom. The Labute approximate surface area is 188 Å². The molecule has 0 saturated carbocycles. The average Bonchev–Trinajstić information content (AvgIpc) is 3.16. The number of hydrogen-bond acceptors (Lipinski definition) is 1. The number of fused-ring (bicyclic) bond motifs is 3. The molecule has 2 heteroatoms. The van der Waals surface area contributed by atoms with E-state index in [0.717, 1.165) is 38.6 Å². The van der Waals surface area contributed by atoms with Crippen molar-refractivity contribution in [1.29, 1.82) is 0 Å². The molecule has 32 heavy (non-hydrogen) atoms. The highest BCUT2D eigenvalue weighted by atomic mass is 16.3. The normalized spacial score (nSPS) is 11.7. The summed E-state index contributed by atoms with van der Waals surface area (Å²) in [6.07, 6.45) is 0. The Bertz CT molecular complexity index is 1490. The highest BCUT2D eigenvalue weighted by Gasteiger charge is 2.24. The van der Waals surface area contributed by atoms with Gasteiger partial charge in [0.25, 0.3) is 0 Å². The molecule has 2 nitrogen and oxygen atoms in total. The lowest BCUT2D eigenvalue weighted by Crippen LogP contribution is -2.13. The first-order valence-corrected chi connectivity index (χ1v) is 10.9. The van der Waals surface area contributed by atoms with Gasteiger partial charge in [-0.25, -0.2) is 4.85 Å². The van der Waals surface area contributed by atoms with Gasteiger partial charge in [-0.15, -0.1) is 0 Å². The molecule has 0 aliphatic heterocycles. The van der Waals surface area contributed by atoms with Gasteiger partial charge < -0.3 is 4.42 Å². The van der Waals surface area contributed by atoms with Crippen LogP contribution in [-0.2, 0) is 5.41 Å². The largest absolute Gasteiger partial charge is 0.456 e. The molecule has 0 atom stereocenters. The fraction of sp³-hybridized carbons (Fsp3) is 0.167. The van der Waals surface area contributed by atoms with Crippen LogP contribution in [0.15, 0.2) is 83.3 Å². The van der Waals surface area contributed by atoms with Gasteiger partial charge in [0.2, 0.25) is 0 Å². The maximum absolute atomic E-state index is 7.78. The predicted molar refractivity (Wildman–Crippen MR) is 134 cm³/mol. The van der Waals surface area contributed by atoms with Gasteiger partial charge in [0.15, 0.2) is 5.69 Å². The summed E-state index contributed by atoms with van der Waals surface area (Å²) >= 11 is 0. The van der Waals surface area contributed by atoms with E-state index in [0.29, 0.717) is 5.69 Å². The van der Waals surface area contributed by atoms with Gasteiger partial charge in [-0.3, -0.25) is 0 Å².